The normalized spacial score (nSPS) is 23.4. The second-order valence-corrected chi connectivity index (χ2v) is 7.03. The van der Waals surface area contributed by atoms with E-state index in [9.17, 15) is 0 Å². The van der Waals surface area contributed by atoms with Gasteiger partial charge in [-0.05, 0) is 64.0 Å². The molecule has 0 saturated carbocycles. The maximum atomic E-state index is 5.68. The van der Waals surface area contributed by atoms with Crippen LogP contribution in [-0.2, 0) is 0 Å². The van der Waals surface area contributed by atoms with E-state index in [1.165, 1.54) is 32.4 Å². The summed E-state index contributed by atoms with van der Waals surface area (Å²) in [4.78, 5) is 9.28. The van der Waals surface area contributed by atoms with Crippen molar-refractivity contribution in [3.05, 3.63) is 24.2 Å². The van der Waals surface area contributed by atoms with Crippen molar-refractivity contribution in [2.75, 3.05) is 53.4 Å². The molecule has 3 rings (SSSR count). The van der Waals surface area contributed by atoms with E-state index in [4.69, 9.17) is 4.42 Å². The number of likely N-dealkylation sites (tertiary alicyclic amines) is 2. The third kappa shape index (κ3) is 5.86. The molecule has 1 aromatic heterocycles. The van der Waals surface area contributed by atoms with Crippen LogP contribution in [0.1, 0.15) is 31.1 Å². The lowest BCUT2D eigenvalue weighted by atomic mass is 10.1. The molecule has 2 saturated heterocycles. The molecule has 0 radical (unpaired) electrons. The van der Waals surface area contributed by atoms with Gasteiger partial charge in [-0.3, -0.25) is 9.89 Å². The smallest absolute Gasteiger partial charge is 0.191 e. The monoisotopic (exact) mass is 461 g/mol. The molecule has 2 atom stereocenters. The Hall–Kier alpha value is -0.800. The number of halogens is 1. The number of rotatable bonds is 6. The number of guanidine groups is 1. The van der Waals surface area contributed by atoms with Gasteiger partial charge in [0.1, 0.15) is 5.76 Å². The second kappa shape index (κ2) is 10.4. The summed E-state index contributed by atoms with van der Waals surface area (Å²) in [5.41, 5.74) is 0. The lowest BCUT2D eigenvalue weighted by Gasteiger charge is -2.27. The minimum absolute atomic E-state index is 0. The van der Waals surface area contributed by atoms with E-state index in [0.717, 1.165) is 37.9 Å². The van der Waals surface area contributed by atoms with Crippen LogP contribution in [0.5, 0.6) is 0 Å². The van der Waals surface area contributed by atoms with Crippen molar-refractivity contribution in [2.45, 2.75) is 25.3 Å². The molecule has 0 spiro atoms. The standard InChI is InChI=1S/C18H31N5O.HI/c1-19-18(20-12-15-7-10-22(2)14-15)21-13-16(17-6-5-11-24-17)23-8-3-4-9-23;/h5-6,11,15-16H,3-4,7-10,12-14H2,1-2H3,(H2,19,20,21);1H. The van der Waals surface area contributed by atoms with Crippen molar-refractivity contribution in [1.82, 2.24) is 20.4 Å². The van der Waals surface area contributed by atoms with Crippen molar-refractivity contribution in [1.29, 1.82) is 0 Å². The van der Waals surface area contributed by atoms with Gasteiger partial charge in [-0.2, -0.15) is 0 Å². The number of nitrogens with zero attached hydrogens (tertiary/aromatic N) is 3. The highest BCUT2D eigenvalue weighted by Gasteiger charge is 2.26. The molecule has 1 aromatic rings. The maximum absolute atomic E-state index is 5.68. The summed E-state index contributed by atoms with van der Waals surface area (Å²) in [6.07, 6.45) is 5.59. The van der Waals surface area contributed by atoms with Gasteiger partial charge in [-0.25, -0.2) is 0 Å². The summed E-state index contributed by atoms with van der Waals surface area (Å²) >= 11 is 0. The summed E-state index contributed by atoms with van der Waals surface area (Å²) in [6.45, 7) is 6.47. The van der Waals surface area contributed by atoms with E-state index in [2.05, 4.69) is 38.5 Å². The molecular formula is C18H32IN5O. The Morgan fingerprint density at radius 1 is 1.32 bits per heavy atom. The van der Waals surface area contributed by atoms with Crippen molar-refractivity contribution in [2.24, 2.45) is 10.9 Å². The van der Waals surface area contributed by atoms with E-state index in [1.807, 2.05) is 13.1 Å². The Labute approximate surface area is 168 Å². The Bertz CT molecular complexity index is 516. The SMILES string of the molecule is CN=C(NCC1CCN(C)C1)NCC(c1ccco1)N1CCCC1.I. The van der Waals surface area contributed by atoms with E-state index in [-0.39, 0.29) is 30.0 Å². The van der Waals surface area contributed by atoms with Crippen LogP contribution in [0, 0.1) is 5.92 Å². The molecule has 2 aliphatic rings. The van der Waals surface area contributed by atoms with Crippen molar-refractivity contribution in [3.63, 3.8) is 0 Å². The molecule has 7 heteroatoms. The summed E-state index contributed by atoms with van der Waals surface area (Å²) < 4.78 is 5.68. The van der Waals surface area contributed by atoms with Crippen molar-refractivity contribution >= 4 is 29.9 Å². The fraction of sp³-hybridized carbons (Fsp3) is 0.722. The van der Waals surface area contributed by atoms with Gasteiger partial charge in [-0.1, -0.05) is 0 Å². The van der Waals surface area contributed by atoms with Crippen LogP contribution < -0.4 is 10.6 Å². The van der Waals surface area contributed by atoms with Crippen molar-refractivity contribution < 1.29 is 4.42 Å². The molecule has 2 N–H and O–H groups in total. The first-order chi connectivity index (χ1) is 11.8. The first kappa shape index (κ1) is 20.5. The zero-order valence-electron chi connectivity index (χ0n) is 15.4. The maximum Gasteiger partial charge on any atom is 0.191 e. The van der Waals surface area contributed by atoms with Crippen LogP contribution in [0.4, 0.5) is 0 Å². The molecule has 25 heavy (non-hydrogen) atoms. The average molecular weight is 461 g/mol. The molecule has 0 aromatic carbocycles. The molecule has 2 unspecified atom stereocenters. The van der Waals surface area contributed by atoms with Crippen LogP contribution in [0.3, 0.4) is 0 Å². The van der Waals surface area contributed by atoms with Crippen LogP contribution in [0.15, 0.2) is 27.8 Å². The molecule has 2 fully saturated rings. The van der Waals surface area contributed by atoms with Gasteiger partial charge in [0.05, 0.1) is 12.3 Å². The van der Waals surface area contributed by atoms with Gasteiger partial charge >= 0.3 is 0 Å². The third-order valence-corrected chi connectivity index (χ3v) is 5.19. The van der Waals surface area contributed by atoms with Gasteiger partial charge in [0, 0.05) is 26.7 Å². The topological polar surface area (TPSA) is 56.0 Å². The fourth-order valence-electron chi connectivity index (χ4n) is 3.79. The number of nitrogens with one attached hydrogen (secondary N) is 2. The zero-order valence-corrected chi connectivity index (χ0v) is 17.7. The van der Waals surface area contributed by atoms with E-state index in [0.29, 0.717) is 5.92 Å². The molecule has 2 aliphatic heterocycles. The van der Waals surface area contributed by atoms with E-state index in [1.54, 1.807) is 6.26 Å². The number of aliphatic imine (C=N–C) groups is 1. The molecule has 142 valence electrons. The Kier molecular flexibility index (Phi) is 8.51. The highest BCUT2D eigenvalue weighted by molar-refractivity contribution is 14.0. The highest BCUT2D eigenvalue weighted by atomic mass is 127. The predicted octanol–water partition coefficient (Wildman–Crippen LogP) is 2.15. The summed E-state index contributed by atoms with van der Waals surface area (Å²) in [6, 6.07) is 4.33. The quantitative estimate of drug-likeness (QED) is 0.387. The van der Waals surface area contributed by atoms with Crippen LogP contribution in [0.25, 0.3) is 0 Å². The second-order valence-electron chi connectivity index (χ2n) is 7.03. The van der Waals surface area contributed by atoms with Crippen LogP contribution in [0.2, 0.25) is 0 Å². The predicted molar refractivity (Wildman–Crippen MR) is 113 cm³/mol. The van der Waals surface area contributed by atoms with Crippen molar-refractivity contribution in [3.8, 4) is 0 Å². The number of hydrogen-bond donors (Lipinski definition) is 2. The fourth-order valence-corrected chi connectivity index (χ4v) is 3.79. The highest BCUT2D eigenvalue weighted by Crippen LogP contribution is 2.24. The first-order valence-electron chi connectivity index (χ1n) is 9.17. The lowest BCUT2D eigenvalue weighted by molar-refractivity contribution is 0.215. The minimum atomic E-state index is 0. The average Bonchev–Trinajstić information content (AvgIpc) is 3.33. The summed E-state index contributed by atoms with van der Waals surface area (Å²) in [5, 5.41) is 6.98. The van der Waals surface area contributed by atoms with Gasteiger partial charge < -0.3 is 20.0 Å². The zero-order chi connectivity index (χ0) is 16.8. The van der Waals surface area contributed by atoms with Gasteiger partial charge in [0.25, 0.3) is 0 Å². The molecule has 3 heterocycles. The van der Waals surface area contributed by atoms with Gasteiger partial charge in [-0.15, -0.1) is 24.0 Å². The Morgan fingerprint density at radius 3 is 2.72 bits per heavy atom. The Balaban J connectivity index is 0.00000225. The largest absolute Gasteiger partial charge is 0.468 e. The van der Waals surface area contributed by atoms with Gasteiger partial charge in [0.15, 0.2) is 5.96 Å². The number of hydrogen-bond acceptors (Lipinski definition) is 4. The van der Waals surface area contributed by atoms with E-state index < -0.39 is 0 Å². The molecular weight excluding hydrogens is 429 g/mol. The molecule has 6 nitrogen and oxygen atoms in total. The lowest BCUT2D eigenvalue weighted by Crippen LogP contribution is -2.44. The Morgan fingerprint density at radius 2 is 2.12 bits per heavy atom. The first-order valence-corrected chi connectivity index (χ1v) is 9.17. The summed E-state index contributed by atoms with van der Waals surface area (Å²) in [7, 11) is 4.03. The van der Waals surface area contributed by atoms with Crippen LogP contribution in [-0.4, -0.2) is 69.1 Å². The van der Waals surface area contributed by atoms with Crippen LogP contribution >= 0.6 is 24.0 Å². The molecule has 0 amide bonds. The number of furan rings is 1. The van der Waals surface area contributed by atoms with Gasteiger partial charge in [0.2, 0.25) is 0 Å². The third-order valence-electron chi connectivity index (χ3n) is 5.19. The molecule has 0 aliphatic carbocycles. The summed E-state index contributed by atoms with van der Waals surface area (Å²) in [5.74, 6) is 2.64. The minimum Gasteiger partial charge on any atom is -0.468 e. The molecule has 0 bridgehead atoms. The van der Waals surface area contributed by atoms with E-state index >= 15 is 0 Å².